The van der Waals surface area contributed by atoms with Gasteiger partial charge in [0.05, 0.1) is 29.3 Å². The van der Waals surface area contributed by atoms with Crippen molar-refractivity contribution < 1.29 is 28.5 Å². The molecule has 6 nitrogen and oxygen atoms in total. The lowest BCUT2D eigenvalue weighted by molar-refractivity contribution is -0.288. The van der Waals surface area contributed by atoms with E-state index in [2.05, 4.69) is 45.9 Å². The lowest BCUT2D eigenvalue weighted by Gasteiger charge is -2.62. The number of ether oxygens (including phenoxy) is 4. The third-order valence-electron chi connectivity index (χ3n) is 9.40. The van der Waals surface area contributed by atoms with E-state index < -0.39 is 28.8 Å². The molecule has 39 heavy (non-hydrogen) atoms. The summed E-state index contributed by atoms with van der Waals surface area (Å²) in [5.41, 5.74) is -0.519. The van der Waals surface area contributed by atoms with E-state index in [-0.39, 0.29) is 29.9 Å². The van der Waals surface area contributed by atoms with Crippen LogP contribution in [-0.4, -0.2) is 48.1 Å². The van der Waals surface area contributed by atoms with Crippen LogP contribution < -0.4 is 0 Å². The second-order valence-electron chi connectivity index (χ2n) is 12.0. The van der Waals surface area contributed by atoms with Crippen molar-refractivity contribution in [3.8, 4) is 0 Å². The molecule has 1 spiro atoms. The van der Waals surface area contributed by atoms with Crippen LogP contribution in [0.25, 0.3) is 6.08 Å². The first-order valence-electron chi connectivity index (χ1n) is 14.1. The number of rotatable bonds is 7. The van der Waals surface area contributed by atoms with E-state index in [1.807, 2.05) is 42.5 Å². The van der Waals surface area contributed by atoms with Gasteiger partial charge in [0.15, 0.2) is 0 Å². The minimum absolute atomic E-state index is 0.0113. The lowest BCUT2D eigenvalue weighted by Crippen LogP contribution is -2.73. The van der Waals surface area contributed by atoms with Crippen molar-refractivity contribution >= 4 is 18.0 Å². The minimum atomic E-state index is -0.807. The fraction of sp³-hybridized carbons (Fsp3) is 0.515. The van der Waals surface area contributed by atoms with Gasteiger partial charge in [-0.3, -0.25) is 4.79 Å². The first-order chi connectivity index (χ1) is 18.6. The first kappa shape index (κ1) is 27.6. The molecule has 1 heterocycles. The number of hydrogen-bond donors (Lipinski definition) is 0. The molecule has 1 saturated heterocycles. The Bertz CT molecular complexity index is 1210. The third-order valence-corrected chi connectivity index (χ3v) is 9.40. The van der Waals surface area contributed by atoms with Crippen LogP contribution in [0.5, 0.6) is 0 Å². The zero-order valence-corrected chi connectivity index (χ0v) is 23.6. The molecule has 0 unspecified atom stereocenters. The molecule has 3 fully saturated rings. The third kappa shape index (κ3) is 4.72. The Balaban J connectivity index is 1.52. The molecular weight excluding hydrogens is 492 g/mol. The predicted molar refractivity (Wildman–Crippen MR) is 149 cm³/mol. The van der Waals surface area contributed by atoms with Crippen LogP contribution in [0.2, 0.25) is 0 Å². The molecule has 2 saturated carbocycles. The Hall–Kier alpha value is -2.96. The molecule has 3 aliphatic rings. The van der Waals surface area contributed by atoms with E-state index in [1.54, 1.807) is 12.1 Å². The van der Waals surface area contributed by atoms with Gasteiger partial charge < -0.3 is 18.9 Å². The van der Waals surface area contributed by atoms with Gasteiger partial charge in [0.1, 0.15) is 17.8 Å². The second-order valence-corrected chi connectivity index (χ2v) is 12.0. The Labute approximate surface area is 231 Å². The van der Waals surface area contributed by atoms with Gasteiger partial charge in [-0.25, -0.2) is 4.79 Å². The van der Waals surface area contributed by atoms with E-state index in [4.69, 9.17) is 18.9 Å². The Morgan fingerprint density at radius 2 is 1.62 bits per heavy atom. The summed E-state index contributed by atoms with van der Waals surface area (Å²) in [5, 5.41) is 0. The molecular formula is C33H40O6. The smallest absolute Gasteiger partial charge is 0.338 e. The minimum Gasteiger partial charge on any atom is -0.462 e. The molecule has 1 aliphatic heterocycles. The van der Waals surface area contributed by atoms with Crippen LogP contribution in [0.15, 0.2) is 66.7 Å². The molecule has 0 N–H and O–H groups in total. The largest absolute Gasteiger partial charge is 0.462 e. The number of hydrogen-bond acceptors (Lipinski definition) is 6. The summed E-state index contributed by atoms with van der Waals surface area (Å²) in [5.74, 6) is -0.636. The number of carbonyl (C=O) groups is 2. The van der Waals surface area contributed by atoms with Crippen molar-refractivity contribution in [3.63, 3.8) is 0 Å². The molecule has 208 valence electrons. The van der Waals surface area contributed by atoms with Gasteiger partial charge >= 0.3 is 11.9 Å². The summed E-state index contributed by atoms with van der Waals surface area (Å²) in [6.45, 7) is 10.3. The van der Waals surface area contributed by atoms with Gasteiger partial charge in [-0.15, -0.1) is 0 Å². The normalized spacial score (nSPS) is 34.8. The van der Waals surface area contributed by atoms with Gasteiger partial charge in [-0.2, -0.15) is 0 Å². The number of carbonyl (C=O) groups excluding carboxylic acids is 2. The summed E-state index contributed by atoms with van der Waals surface area (Å²) < 4.78 is 26.2. The van der Waals surface area contributed by atoms with Gasteiger partial charge in [0, 0.05) is 12.8 Å². The Morgan fingerprint density at radius 1 is 0.949 bits per heavy atom. The van der Waals surface area contributed by atoms with Crippen LogP contribution in [0.1, 0.15) is 69.8 Å². The van der Waals surface area contributed by atoms with E-state index in [0.717, 1.165) is 12.0 Å². The summed E-state index contributed by atoms with van der Waals surface area (Å²) >= 11 is 0. The molecule has 2 bridgehead atoms. The SMILES string of the molecule is CC(=O)O[C@H]1CC[C@@H](C)[C@]23OC(C)(C)[C@H](C[C@H](OC(=O)c4ccccc4)[C@]12C)[C@H]3OC/C=C/c1ccccc1. The van der Waals surface area contributed by atoms with Crippen LogP contribution in [0.4, 0.5) is 0 Å². The highest BCUT2D eigenvalue weighted by atomic mass is 16.6. The van der Waals surface area contributed by atoms with Crippen LogP contribution in [0.3, 0.4) is 0 Å². The second kappa shape index (κ2) is 10.5. The Morgan fingerprint density at radius 3 is 2.28 bits per heavy atom. The van der Waals surface area contributed by atoms with E-state index in [0.29, 0.717) is 25.0 Å². The van der Waals surface area contributed by atoms with Crippen molar-refractivity contribution in [3.05, 3.63) is 77.9 Å². The van der Waals surface area contributed by atoms with Crippen LogP contribution >= 0.6 is 0 Å². The van der Waals surface area contributed by atoms with E-state index in [1.165, 1.54) is 6.92 Å². The molecule has 2 aliphatic carbocycles. The molecule has 6 heteroatoms. The zero-order chi connectivity index (χ0) is 27.8. The number of esters is 2. The molecule has 0 radical (unpaired) electrons. The monoisotopic (exact) mass is 532 g/mol. The molecule has 2 aromatic rings. The average molecular weight is 533 g/mol. The van der Waals surface area contributed by atoms with Crippen molar-refractivity contribution in [2.45, 2.75) is 83.4 Å². The maximum Gasteiger partial charge on any atom is 0.338 e. The highest BCUT2D eigenvalue weighted by Gasteiger charge is 2.78. The Kier molecular flexibility index (Phi) is 7.47. The van der Waals surface area contributed by atoms with Gasteiger partial charge in [0.25, 0.3) is 0 Å². The van der Waals surface area contributed by atoms with Gasteiger partial charge in [-0.1, -0.05) is 67.6 Å². The van der Waals surface area contributed by atoms with Crippen molar-refractivity contribution in [1.29, 1.82) is 0 Å². The first-order valence-corrected chi connectivity index (χ1v) is 14.1. The van der Waals surface area contributed by atoms with E-state index >= 15 is 0 Å². The average Bonchev–Trinajstić information content (AvgIpc) is 3.10. The lowest BCUT2D eigenvalue weighted by atomic mass is 9.49. The van der Waals surface area contributed by atoms with Crippen molar-refractivity contribution in [2.75, 3.05) is 6.61 Å². The fourth-order valence-corrected chi connectivity index (χ4v) is 7.54. The molecule has 7 atom stereocenters. The van der Waals surface area contributed by atoms with Crippen molar-refractivity contribution in [1.82, 2.24) is 0 Å². The maximum absolute atomic E-state index is 13.3. The molecule has 2 aromatic carbocycles. The number of fused-ring (bicyclic) bond motifs is 1. The van der Waals surface area contributed by atoms with E-state index in [9.17, 15) is 9.59 Å². The van der Waals surface area contributed by atoms with Crippen LogP contribution in [-0.2, 0) is 23.7 Å². The highest BCUT2D eigenvalue weighted by molar-refractivity contribution is 5.89. The highest BCUT2D eigenvalue weighted by Crippen LogP contribution is 2.67. The molecule has 5 rings (SSSR count). The predicted octanol–water partition coefficient (Wildman–Crippen LogP) is 6.25. The zero-order valence-electron chi connectivity index (χ0n) is 23.6. The summed E-state index contributed by atoms with van der Waals surface area (Å²) in [7, 11) is 0. The quantitative estimate of drug-likeness (QED) is 0.393. The standard InChI is InChI=1S/C33H40O6/c1-22-18-19-27(37-23(2)34)32(5)28(38-30(35)25-16-10-7-11-17-25)21-26-29(33(22,32)39-31(26,3)4)36-20-12-15-24-13-8-6-9-14-24/h6-17,22,26-29H,18-21H2,1-5H3/b15-12+/t22-,26-,27+,28+,29-,32+,33-/m1/s1. The summed E-state index contributed by atoms with van der Waals surface area (Å²) in [6.07, 6.45) is 4.91. The summed E-state index contributed by atoms with van der Waals surface area (Å²) in [4.78, 5) is 25.7. The summed E-state index contributed by atoms with van der Waals surface area (Å²) in [6, 6.07) is 19.2. The van der Waals surface area contributed by atoms with Crippen molar-refractivity contribution in [2.24, 2.45) is 17.3 Å². The molecule has 0 amide bonds. The molecule has 0 aromatic heterocycles. The number of benzene rings is 2. The van der Waals surface area contributed by atoms with Crippen LogP contribution in [0, 0.1) is 17.3 Å². The van der Waals surface area contributed by atoms with Gasteiger partial charge in [-0.05, 0) is 63.6 Å². The van der Waals surface area contributed by atoms with Gasteiger partial charge in [0.2, 0.25) is 0 Å². The topological polar surface area (TPSA) is 71.1 Å². The fourth-order valence-electron chi connectivity index (χ4n) is 7.54. The maximum atomic E-state index is 13.3.